The second kappa shape index (κ2) is 9.27. The molecular formula is C23H23N3O5S. The van der Waals surface area contributed by atoms with Gasteiger partial charge in [0.2, 0.25) is 5.75 Å². The Kier molecular flexibility index (Phi) is 6.27. The molecule has 0 saturated heterocycles. The minimum absolute atomic E-state index is 0.00680. The number of anilines is 1. The molecule has 2 amide bonds. The number of thiazole rings is 1. The minimum atomic E-state index is -0.340. The Morgan fingerprint density at radius 2 is 1.69 bits per heavy atom. The maximum atomic E-state index is 12.9. The molecule has 1 aliphatic rings. The zero-order valence-electron chi connectivity index (χ0n) is 18.0. The summed E-state index contributed by atoms with van der Waals surface area (Å²) in [6.45, 7) is 1.06. The van der Waals surface area contributed by atoms with Gasteiger partial charge in [-0.15, -0.1) is 0 Å². The maximum absolute atomic E-state index is 12.9. The molecule has 3 aromatic rings. The SMILES string of the molecule is COc1cc(C(=O)Nc2nc3c(s2)CN(C(=O)c2ccccc2)CC3)cc(OC)c1OC. The van der Waals surface area contributed by atoms with Crippen molar-refractivity contribution in [2.75, 3.05) is 33.2 Å². The molecule has 1 aromatic heterocycles. The number of nitrogens with zero attached hydrogens (tertiary/aromatic N) is 2. The van der Waals surface area contributed by atoms with Crippen molar-refractivity contribution in [3.8, 4) is 17.2 Å². The molecule has 32 heavy (non-hydrogen) atoms. The Balaban J connectivity index is 1.50. The van der Waals surface area contributed by atoms with E-state index in [9.17, 15) is 9.59 Å². The number of methoxy groups -OCH3 is 3. The van der Waals surface area contributed by atoms with Gasteiger partial charge in [-0.3, -0.25) is 14.9 Å². The Morgan fingerprint density at radius 3 is 2.31 bits per heavy atom. The molecule has 8 nitrogen and oxygen atoms in total. The van der Waals surface area contributed by atoms with E-state index < -0.39 is 0 Å². The summed E-state index contributed by atoms with van der Waals surface area (Å²) in [6, 6.07) is 12.4. The molecule has 2 aromatic carbocycles. The van der Waals surface area contributed by atoms with Gasteiger partial charge in [0.15, 0.2) is 16.6 Å². The van der Waals surface area contributed by atoms with Crippen LogP contribution >= 0.6 is 11.3 Å². The van der Waals surface area contributed by atoms with Gasteiger partial charge >= 0.3 is 0 Å². The van der Waals surface area contributed by atoms with Crippen LogP contribution < -0.4 is 19.5 Å². The molecule has 9 heteroatoms. The first-order chi connectivity index (χ1) is 15.5. The number of fused-ring (bicyclic) bond motifs is 1. The lowest BCUT2D eigenvalue weighted by Crippen LogP contribution is -2.35. The summed E-state index contributed by atoms with van der Waals surface area (Å²) in [4.78, 5) is 33.0. The number of carbonyl (C=O) groups is 2. The van der Waals surface area contributed by atoms with E-state index in [1.807, 2.05) is 30.3 Å². The molecule has 2 heterocycles. The summed E-state index contributed by atoms with van der Waals surface area (Å²) in [5.74, 6) is 0.857. The Labute approximate surface area is 189 Å². The average Bonchev–Trinajstić information content (AvgIpc) is 3.24. The van der Waals surface area contributed by atoms with Crippen LogP contribution in [0.5, 0.6) is 17.2 Å². The fourth-order valence-corrected chi connectivity index (χ4v) is 4.59. The quantitative estimate of drug-likeness (QED) is 0.613. The second-order valence-corrected chi connectivity index (χ2v) is 8.18. The first-order valence-electron chi connectivity index (χ1n) is 9.98. The normalized spacial score (nSPS) is 12.7. The van der Waals surface area contributed by atoms with Crippen LogP contribution in [0, 0.1) is 0 Å². The molecule has 0 radical (unpaired) electrons. The van der Waals surface area contributed by atoms with Crippen LogP contribution in [0.1, 0.15) is 31.3 Å². The smallest absolute Gasteiger partial charge is 0.257 e. The molecule has 0 fully saturated rings. The molecule has 0 unspecified atom stereocenters. The first kappa shape index (κ1) is 21.6. The summed E-state index contributed by atoms with van der Waals surface area (Å²) >= 11 is 1.38. The van der Waals surface area contributed by atoms with Crippen molar-refractivity contribution >= 4 is 28.3 Å². The number of rotatable bonds is 6. The number of ether oxygens (including phenoxy) is 3. The van der Waals surface area contributed by atoms with Crippen LogP contribution in [0.15, 0.2) is 42.5 Å². The van der Waals surface area contributed by atoms with Gasteiger partial charge in [0.1, 0.15) is 0 Å². The number of amides is 2. The van der Waals surface area contributed by atoms with Crippen molar-refractivity contribution < 1.29 is 23.8 Å². The number of hydrogen-bond acceptors (Lipinski definition) is 7. The highest BCUT2D eigenvalue weighted by Crippen LogP contribution is 2.38. The zero-order chi connectivity index (χ0) is 22.7. The minimum Gasteiger partial charge on any atom is -0.493 e. The lowest BCUT2D eigenvalue weighted by Gasteiger charge is -2.26. The number of hydrogen-bond donors (Lipinski definition) is 1. The zero-order valence-corrected chi connectivity index (χ0v) is 18.8. The molecule has 166 valence electrons. The highest BCUT2D eigenvalue weighted by atomic mass is 32.1. The van der Waals surface area contributed by atoms with Crippen LogP contribution in [0.2, 0.25) is 0 Å². The number of nitrogens with one attached hydrogen (secondary N) is 1. The number of aromatic nitrogens is 1. The summed E-state index contributed by atoms with van der Waals surface area (Å²) in [5, 5.41) is 3.33. The van der Waals surface area contributed by atoms with Gasteiger partial charge < -0.3 is 19.1 Å². The van der Waals surface area contributed by atoms with Gasteiger partial charge in [-0.1, -0.05) is 29.5 Å². The standard InChI is InChI=1S/C23H23N3O5S/c1-29-17-11-15(12-18(30-2)20(17)31-3)21(27)25-23-24-16-9-10-26(13-19(16)32-23)22(28)14-7-5-4-6-8-14/h4-8,11-12H,9-10,13H2,1-3H3,(H,24,25,27). The largest absolute Gasteiger partial charge is 0.493 e. The molecule has 0 aliphatic carbocycles. The fraction of sp³-hybridized carbons (Fsp3) is 0.261. The Morgan fingerprint density at radius 1 is 1.00 bits per heavy atom. The third-order valence-electron chi connectivity index (χ3n) is 5.19. The molecule has 0 bridgehead atoms. The average molecular weight is 454 g/mol. The van der Waals surface area contributed by atoms with E-state index in [2.05, 4.69) is 10.3 Å². The van der Waals surface area contributed by atoms with Gasteiger partial charge in [-0.2, -0.15) is 0 Å². The maximum Gasteiger partial charge on any atom is 0.257 e. The molecule has 4 rings (SSSR count). The van der Waals surface area contributed by atoms with Crippen molar-refractivity contribution in [3.63, 3.8) is 0 Å². The third-order valence-corrected chi connectivity index (χ3v) is 6.18. The topological polar surface area (TPSA) is 90.0 Å². The van der Waals surface area contributed by atoms with Gasteiger partial charge in [-0.25, -0.2) is 4.98 Å². The number of benzene rings is 2. The third kappa shape index (κ3) is 4.24. The van der Waals surface area contributed by atoms with Crippen molar-refractivity contribution in [3.05, 3.63) is 64.2 Å². The van der Waals surface area contributed by atoms with E-state index in [4.69, 9.17) is 14.2 Å². The molecular weight excluding hydrogens is 430 g/mol. The summed E-state index contributed by atoms with van der Waals surface area (Å²) in [7, 11) is 4.50. The van der Waals surface area contributed by atoms with Crippen LogP contribution in [0.25, 0.3) is 0 Å². The highest BCUT2D eigenvalue weighted by molar-refractivity contribution is 7.15. The van der Waals surface area contributed by atoms with Crippen molar-refractivity contribution in [2.24, 2.45) is 0 Å². The summed E-state index contributed by atoms with van der Waals surface area (Å²) in [6.07, 6.45) is 0.643. The van der Waals surface area contributed by atoms with Gasteiger partial charge in [0, 0.05) is 29.0 Å². The Hall–Kier alpha value is -3.59. The van der Waals surface area contributed by atoms with E-state index in [-0.39, 0.29) is 11.8 Å². The first-order valence-corrected chi connectivity index (χ1v) is 10.8. The van der Waals surface area contributed by atoms with Crippen molar-refractivity contribution in [1.82, 2.24) is 9.88 Å². The number of carbonyl (C=O) groups excluding carboxylic acids is 2. The van der Waals surface area contributed by atoms with Crippen LogP contribution in [-0.2, 0) is 13.0 Å². The predicted molar refractivity (Wildman–Crippen MR) is 121 cm³/mol. The van der Waals surface area contributed by atoms with Crippen molar-refractivity contribution in [1.29, 1.82) is 0 Å². The van der Waals surface area contributed by atoms with Gasteiger partial charge in [-0.05, 0) is 24.3 Å². The van der Waals surface area contributed by atoms with E-state index >= 15 is 0 Å². The molecule has 0 atom stereocenters. The molecule has 1 N–H and O–H groups in total. The van der Waals surface area contributed by atoms with Gasteiger partial charge in [0.05, 0.1) is 33.6 Å². The Bertz CT molecular complexity index is 1120. The lowest BCUT2D eigenvalue weighted by atomic mass is 10.1. The molecule has 1 aliphatic heterocycles. The highest BCUT2D eigenvalue weighted by Gasteiger charge is 2.26. The van der Waals surface area contributed by atoms with Crippen LogP contribution in [0.4, 0.5) is 5.13 Å². The molecule has 0 spiro atoms. The fourth-order valence-electron chi connectivity index (χ4n) is 3.57. The predicted octanol–water partition coefficient (Wildman–Crippen LogP) is 3.62. The van der Waals surface area contributed by atoms with Gasteiger partial charge in [0.25, 0.3) is 11.8 Å². The molecule has 0 saturated carbocycles. The second-order valence-electron chi connectivity index (χ2n) is 7.10. The van der Waals surface area contributed by atoms with E-state index in [0.29, 0.717) is 53.0 Å². The lowest BCUT2D eigenvalue weighted by molar-refractivity contribution is 0.0736. The van der Waals surface area contributed by atoms with Crippen LogP contribution in [-0.4, -0.2) is 49.6 Å². The van der Waals surface area contributed by atoms with E-state index in [0.717, 1.165) is 10.6 Å². The van der Waals surface area contributed by atoms with E-state index in [1.165, 1.54) is 32.7 Å². The summed E-state index contributed by atoms with van der Waals surface area (Å²) < 4.78 is 15.9. The van der Waals surface area contributed by atoms with E-state index in [1.54, 1.807) is 17.0 Å². The van der Waals surface area contributed by atoms with Crippen molar-refractivity contribution in [2.45, 2.75) is 13.0 Å². The summed E-state index contributed by atoms with van der Waals surface area (Å²) in [5.41, 5.74) is 1.93. The monoisotopic (exact) mass is 453 g/mol. The van der Waals surface area contributed by atoms with Crippen LogP contribution in [0.3, 0.4) is 0 Å².